The lowest BCUT2D eigenvalue weighted by atomic mass is 9.99. The zero-order valence-corrected chi connectivity index (χ0v) is 10.3. The molecule has 0 atom stereocenters. The number of nitrogens with zero attached hydrogens (tertiary/aromatic N) is 1. The zero-order valence-electron chi connectivity index (χ0n) is 9.58. The summed E-state index contributed by atoms with van der Waals surface area (Å²) in [6, 6.07) is 2.99. The van der Waals surface area contributed by atoms with Crippen LogP contribution in [0.25, 0.3) is 0 Å². The lowest BCUT2D eigenvalue weighted by molar-refractivity contribution is -0.137. The second-order valence-corrected chi connectivity index (χ2v) is 4.25. The Kier molecular flexibility index (Phi) is 3.36. The first-order chi connectivity index (χ1) is 8.80. The van der Waals surface area contributed by atoms with Gasteiger partial charge in [-0.25, -0.2) is 0 Å². The van der Waals surface area contributed by atoms with Gasteiger partial charge >= 0.3 is 6.18 Å². The van der Waals surface area contributed by atoms with Gasteiger partial charge in [-0.1, -0.05) is 16.8 Å². The standard InChI is InChI=1S/C12H7ClF3NO2/c1-6-9(5-17-19-6)11(18)8-3-2-7(13)4-10(8)12(14,15)16/h2-5H,1H3. The molecular formula is C12H7ClF3NO2. The molecule has 3 nitrogen and oxygen atoms in total. The van der Waals surface area contributed by atoms with Gasteiger partial charge in [0.05, 0.1) is 17.3 Å². The Labute approximate surface area is 111 Å². The number of halogens is 4. The van der Waals surface area contributed by atoms with Crippen LogP contribution in [-0.2, 0) is 6.18 Å². The third kappa shape index (κ3) is 2.63. The minimum atomic E-state index is -4.67. The Bertz CT molecular complexity index is 634. The first kappa shape index (κ1) is 13.6. The molecule has 0 saturated heterocycles. The van der Waals surface area contributed by atoms with Gasteiger partial charge in [-0.05, 0) is 25.1 Å². The van der Waals surface area contributed by atoms with Crippen molar-refractivity contribution in [2.24, 2.45) is 0 Å². The fraction of sp³-hybridized carbons (Fsp3) is 0.167. The second kappa shape index (κ2) is 4.70. The largest absolute Gasteiger partial charge is 0.417 e. The van der Waals surface area contributed by atoms with Gasteiger partial charge in [0, 0.05) is 10.6 Å². The summed E-state index contributed by atoms with van der Waals surface area (Å²) in [5, 5.41) is 3.28. The smallest absolute Gasteiger partial charge is 0.361 e. The van der Waals surface area contributed by atoms with Crippen molar-refractivity contribution in [3.8, 4) is 0 Å². The van der Waals surface area contributed by atoms with Crippen LogP contribution < -0.4 is 0 Å². The quantitative estimate of drug-likeness (QED) is 0.788. The van der Waals surface area contributed by atoms with Crippen molar-refractivity contribution >= 4 is 17.4 Å². The normalized spacial score (nSPS) is 11.6. The summed E-state index contributed by atoms with van der Waals surface area (Å²) in [6.07, 6.45) is -3.58. The van der Waals surface area contributed by atoms with E-state index in [9.17, 15) is 18.0 Å². The van der Waals surface area contributed by atoms with Gasteiger partial charge in [0.15, 0.2) is 5.78 Å². The van der Waals surface area contributed by atoms with Gasteiger partial charge < -0.3 is 4.52 Å². The number of alkyl halides is 3. The summed E-state index contributed by atoms with van der Waals surface area (Å²) in [5.41, 5.74) is -1.57. The van der Waals surface area contributed by atoms with E-state index in [0.29, 0.717) is 0 Å². The van der Waals surface area contributed by atoms with Crippen molar-refractivity contribution in [1.29, 1.82) is 0 Å². The van der Waals surface area contributed by atoms with E-state index in [1.165, 1.54) is 13.0 Å². The van der Waals surface area contributed by atoms with Crippen LogP contribution in [-0.4, -0.2) is 10.9 Å². The first-order valence-corrected chi connectivity index (χ1v) is 5.51. The highest BCUT2D eigenvalue weighted by molar-refractivity contribution is 6.30. The van der Waals surface area contributed by atoms with Crippen LogP contribution in [0.4, 0.5) is 13.2 Å². The van der Waals surface area contributed by atoms with Crippen LogP contribution in [0, 0.1) is 6.92 Å². The van der Waals surface area contributed by atoms with Crippen LogP contribution in [0.1, 0.15) is 27.2 Å². The number of hydrogen-bond donors (Lipinski definition) is 0. The first-order valence-electron chi connectivity index (χ1n) is 5.13. The Hall–Kier alpha value is -1.82. The van der Waals surface area contributed by atoms with Gasteiger partial charge in [0.1, 0.15) is 5.76 Å². The highest BCUT2D eigenvalue weighted by Crippen LogP contribution is 2.34. The molecule has 2 rings (SSSR count). The SMILES string of the molecule is Cc1oncc1C(=O)c1ccc(Cl)cc1C(F)(F)F. The third-order valence-corrected chi connectivity index (χ3v) is 2.76. The molecule has 0 saturated carbocycles. The summed E-state index contributed by atoms with van der Waals surface area (Å²) in [6.45, 7) is 1.45. The maximum Gasteiger partial charge on any atom is 0.417 e. The molecular weight excluding hydrogens is 283 g/mol. The molecule has 0 N–H and O–H groups in total. The Morgan fingerprint density at radius 3 is 2.53 bits per heavy atom. The average molecular weight is 290 g/mol. The summed E-state index contributed by atoms with van der Waals surface area (Å²) < 4.78 is 43.3. The molecule has 2 aromatic rings. The molecule has 0 aliphatic heterocycles. The van der Waals surface area contributed by atoms with E-state index >= 15 is 0 Å². The number of aryl methyl sites for hydroxylation is 1. The maximum absolute atomic E-state index is 12.9. The number of hydrogen-bond acceptors (Lipinski definition) is 3. The van der Waals surface area contributed by atoms with Crippen molar-refractivity contribution < 1.29 is 22.5 Å². The van der Waals surface area contributed by atoms with Crippen molar-refractivity contribution in [2.45, 2.75) is 13.1 Å². The van der Waals surface area contributed by atoms with Crippen LogP contribution in [0.2, 0.25) is 5.02 Å². The van der Waals surface area contributed by atoms with Gasteiger partial charge in [0.2, 0.25) is 0 Å². The van der Waals surface area contributed by atoms with E-state index in [0.717, 1.165) is 18.3 Å². The van der Waals surface area contributed by atoms with Crippen LogP contribution in [0.5, 0.6) is 0 Å². The minimum Gasteiger partial charge on any atom is -0.361 e. The predicted octanol–water partition coefficient (Wildman–Crippen LogP) is 3.89. The number of rotatable bonds is 2. The van der Waals surface area contributed by atoms with Crippen molar-refractivity contribution in [2.75, 3.05) is 0 Å². The molecule has 0 aliphatic carbocycles. The van der Waals surface area contributed by atoms with Crippen molar-refractivity contribution in [3.05, 3.63) is 51.9 Å². The molecule has 1 aromatic carbocycles. The summed E-state index contributed by atoms with van der Waals surface area (Å²) in [4.78, 5) is 12.1. The van der Waals surface area contributed by atoms with Crippen LogP contribution in [0.3, 0.4) is 0 Å². The lowest BCUT2D eigenvalue weighted by Crippen LogP contribution is -2.14. The van der Waals surface area contributed by atoms with Gasteiger partial charge in [-0.2, -0.15) is 13.2 Å². The predicted molar refractivity (Wildman–Crippen MR) is 61.1 cm³/mol. The summed E-state index contributed by atoms with van der Waals surface area (Å²) >= 11 is 5.54. The molecule has 1 aromatic heterocycles. The zero-order chi connectivity index (χ0) is 14.2. The maximum atomic E-state index is 12.9. The van der Waals surface area contributed by atoms with Crippen molar-refractivity contribution in [1.82, 2.24) is 5.16 Å². The minimum absolute atomic E-state index is 0.00665. The number of benzene rings is 1. The Balaban J connectivity index is 2.57. The summed E-state index contributed by atoms with van der Waals surface area (Å²) in [7, 11) is 0. The fourth-order valence-corrected chi connectivity index (χ4v) is 1.78. The topological polar surface area (TPSA) is 43.1 Å². The number of aromatic nitrogens is 1. The Morgan fingerprint density at radius 1 is 1.32 bits per heavy atom. The van der Waals surface area contributed by atoms with Crippen molar-refractivity contribution in [3.63, 3.8) is 0 Å². The highest BCUT2D eigenvalue weighted by atomic mass is 35.5. The molecule has 0 unspecified atom stereocenters. The molecule has 0 fully saturated rings. The monoisotopic (exact) mass is 289 g/mol. The van der Waals surface area contributed by atoms with Crippen LogP contribution >= 0.6 is 11.6 Å². The molecule has 0 spiro atoms. The van der Waals surface area contributed by atoms with Gasteiger partial charge in [-0.3, -0.25) is 4.79 Å². The number of carbonyl (C=O) groups excluding carboxylic acids is 1. The van der Waals surface area contributed by atoms with Gasteiger partial charge in [0.25, 0.3) is 0 Å². The molecule has 0 radical (unpaired) electrons. The lowest BCUT2D eigenvalue weighted by Gasteiger charge is -2.11. The fourth-order valence-electron chi connectivity index (χ4n) is 1.61. The number of carbonyl (C=O) groups is 1. The van der Waals surface area contributed by atoms with E-state index in [1.807, 2.05) is 0 Å². The van der Waals surface area contributed by atoms with E-state index < -0.39 is 23.1 Å². The Morgan fingerprint density at radius 2 is 2.00 bits per heavy atom. The van der Waals surface area contributed by atoms with Crippen LogP contribution in [0.15, 0.2) is 28.9 Å². The van der Waals surface area contributed by atoms with E-state index in [1.54, 1.807) is 0 Å². The molecule has 0 aliphatic rings. The summed E-state index contributed by atoms with van der Waals surface area (Å²) in [5.74, 6) is -0.643. The van der Waals surface area contributed by atoms with Gasteiger partial charge in [-0.15, -0.1) is 0 Å². The molecule has 100 valence electrons. The second-order valence-electron chi connectivity index (χ2n) is 3.81. The van der Waals surface area contributed by atoms with E-state index in [-0.39, 0.29) is 16.3 Å². The number of ketones is 1. The molecule has 1 heterocycles. The van der Waals surface area contributed by atoms with E-state index in [2.05, 4.69) is 9.68 Å². The molecule has 7 heteroatoms. The molecule has 0 amide bonds. The average Bonchev–Trinajstić information content (AvgIpc) is 2.73. The third-order valence-electron chi connectivity index (χ3n) is 2.53. The highest BCUT2D eigenvalue weighted by Gasteiger charge is 2.36. The molecule has 0 bridgehead atoms. The van der Waals surface area contributed by atoms with E-state index in [4.69, 9.17) is 11.6 Å². The molecule has 19 heavy (non-hydrogen) atoms.